The fraction of sp³-hybridized carbons (Fsp3) is 0.333. The maximum Gasteiger partial charge on any atom is 0.226 e. The average Bonchev–Trinajstić information content (AvgIpc) is 2.64. The lowest BCUT2D eigenvalue weighted by Gasteiger charge is -2.21. The normalized spacial score (nSPS) is 10.3. The topological polar surface area (TPSA) is 58.6 Å². The molecule has 0 spiro atoms. The largest absolute Gasteiger partial charge is 0.494 e. The van der Waals surface area contributed by atoms with Gasteiger partial charge < -0.3 is 15.0 Å². The summed E-state index contributed by atoms with van der Waals surface area (Å²) in [6, 6.07) is 13.3. The molecule has 0 saturated heterocycles. The van der Waals surface area contributed by atoms with E-state index in [4.69, 9.17) is 4.74 Å². The van der Waals surface area contributed by atoms with E-state index in [-0.39, 0.29) is 24.1 Å². The highest BCUT2D eigenvalue weighted by Crippen LogP contribution is 2.15. The average molecular weight is 372 g/mol. The smallest absolute Gasteiger partial charge is 0.226 e. The first-order valence-electron chi connectivity index (χ1n) is 9.00. The third-order valence-corrected chi connectivity index (χ3v) is 4.09. The molecule has 0 aliphatic rings. The molecule has 0 saturated carbocycles. The van der Waals surface area contributed by atoms with E-state index >= 15 is 0 Å². The van der Waals surface area contributed by atoms with Gasteiger partial charge in [-0.2, -0.15) is 0 Å². The molecule has 144 valence electrons. The van der Waals surface area contributed by atoms with Crippen molar-refractivity contribution in [2.45, 2.75) is 26.7 Å². The van der Waals surface area contributed by atoms with Crippen LogP contribution in [-0.4, -0.2) is 36.4 Å². The molecule has 2 aromatic carbocycles. The Morgan fingerprint density at radius 1 is 1.04 bits per heavy atom. The van der Waals surface area contributed by atoms with Crippen LogP contribution in [-0.2, 0) is 16.0 Å². The summed E-state index contributed by atoms with van der Waals surface area (Å²) in [4.78, 5) is 25.6. The van der Waals surface area contributed by atoms with Crippen LogP contribution in [0.2, 0.25) is 0 Å². The van der Waals surface area contributed by atoms with E-state index in [0.29, 0.717) is 31.8 Å². The molecule has 2 aromatic rings. The first kappa shape index (κ1) is 20.4. The van der Waals surface area contributed by atoms with Crippen molar-refractivity contribution in [3.8, 4) is 5.75 Å². The Morgan fingerprint density at radius 2 is 1.70 bits per heavy atom. The Hall–Kier alpha value is -2.89. The quantitative estimate of drug-likeness (QED) is 0.731. The van der Waals surface area contributed by atoms with Gasteiger partial charge in [0.15, 0.2) is 0 Å². The first-order valence-corrected chi connectivity index (χ1v) is 9.00. The number of carbonyl (C=O) groups excluding carboxylic acids is 2. The second-order valence-corrected chi connectivity index (χ2v) is 6.14. The van der Waals surface area contributed by atoms with Crippen molar-refractivity contribution >= 4 is 17.5 Å². The molecule has 0 fully saturated rings. The van der Waals surface area contributed by atoms with Crippen LogP contribution in [0.1, 0.15) is 25.8 Å². The summed E-state index contributed by atoms with van der Waals surface area (Å²) in [7, 11) is 0. The maximum absolute atomic E-state index is 12.9. The zero-order valence-corrected chi connectivity index (χ0v) is 15.7. The van der Waals surface area contributed by atoms with Crippen molar-refractivity contribution in [2.75, 3.05) is 25.0 Å². The Bertz CT molecular complexity index is 745. The predicted octanol–water partition coefficient (Wildman–Crippen LogP) is 3.64. The third-order valence-electron chi connectivity index (χ3n) is 4.09. The van der Waals surface area contributed by atoms with Gasteiger partial charge in [0, 0.05) is 32.1 Å². The summed E-state index contributed by atoms with van der Waals surface area (Å²) in [5.41, 5.74) is 1.63. The first-order chi connectivity index (χ1) is 13.0. The Balaban J connectivity index is 1.80. The fourth-order valence-electron chi connectivity index (χ4n) is 2.60. The van der Waals surface area contributed by atoms with Gasteiger partial charge in [0.2, 0.25) is 11.8 Å². The Labute approximate surface area is 159 Å². The molecular formula is C21H25FN2O3. The lowest BCUT2D eigenvalue weighted by atomic mass is 10.1. The number of ether oxygens (including phenoxy) is 1. The number of hydrogen-bond acceptors (Lipinski definition) is 3. The molecule has 6 heteroatoms. The summed E-state index contributed by atoms with van der Waals surface area (Å²) in [5.74, 6) is 0.213. The Morgan fingerprint density at radius 3 is 2.30 bits per heavy atom. The number of benzene rings is 2. The van der Waals surface area contributed by atoms with Crippen LogP contribution in [0.3, 0.4) is 0 Å². The van der Waals surface area contributed by atoms with Crippen LogP contribution in [0.5, 0.6) is 5.75 Å². The van der Waals surface area contributed by atoms with Crippen molar-refractivity contribution in [1.82, 2.24) is 4.90 Å². The minimum atomic E-state index is -0.284. The molecule has 0 aliphatic heterocycles. The van der Waals surface area contributed by atoms with Crippen LogP contribution >= 0.6 is 0 Å². The van der Waals surface area contributed by atoms with E-state index in [1.54, 1.807) is 41.3 Å². The highest BCUT2D eigenvalue weighted by atomic mass is 19.1. The van der Waals surface area contributed by atoms with Gasteiger partial charge in [0.05, 0.1) is 6.61 Å². The van der Waals surface area contributed by atoms with Gasteiger partial charge in [0.25, 0.3) is 0 Å². The monoisotopic (exact) mass is 372 g/mol. The molecule has 0 atom stereocenters. The van der Waals surface area contributed by atoms with Gasteiger partial charge in [-0.25, -0.2) is 4.39 Å². The molecule has 0 bridgehead atoms. The van der Waals surface area contributed by atoms with Crippen molar-refractivity contribution in [3.05, 3.63) is 59.9 Å². The Kier molecular flexibility index (Phi) is 7.79. The van der Waals surface area contributed by atoms with Crippen LogP contribution in [0.4, 0.5) is 10.1 Å². The van der Waals surface area contributed by atoms with Crippen LogP contribution in [0, 0.1) is 5.82 Å². The number of halogens is 1. The van der Waals surface area contributed by atoms with Crippen LogP contribution < -0.4 is 10.1 Å². The van der Waals surface area contributed by atoms with E-state index in [9.17, 15) is 14.0 Å². The molecule has 0 aliphatic carbocycles. The van der Waals surface area contributed by atoms with E-state index in [1.807, 2.05) is 6.92 Å². The molecule has 0 heterocycles. The van der Waals surface area contributed by atoms with Crippen molar-refractivity contribution in [2.24, 2.45) is 0 Å². The summed E-state index contributed by atoms with van der Waals surface area (Å²) in [6.07, 6.45) is 0.816. The molecule has 0 radical (unpaired) electrons. The molecule has 2 amide bonds. The summed E-state index contributed by atoms with van der Waals surface area (Å²) >= 11 is 0. The van der Waals surface area contributed by atoms with Crippen LogP contribution in [0.25, 0.3) is 0 Å². The van der Waals surface area contributed by atoms with Crippen molar-refractivity contribution in [3.63, 3.8) is 0 Å². The summed E-state index contributed by atoms with van der Waals surface area (Å²) < 4.78 is 18.3. The number of nitrogens with one attached hydrogen (secondary N) is 1. The predicted molar refractivity (Wildman–Crippen MR) is 103 cm³/mol. The van der Waals surface area contributed by atoms with E-state index < -0.39 is 0 Å². The molecule has 27 heavy (non-hydrogen) atoms. The number of rotatable bonds is 9. The van der Waals surface area contributed by atoms with Gasteiger partial charge >= 0.3 is 0 Å². The van der Waals surface area contributed by atoms with Gasteiger partial charge in [-0.1, -0.05) is 12.1 Å². The highest BCUT2D eigenvalue weighted by molar-refractivity contribution is 5.91. The second kappa shape index (κ2) is 10.3. The molecule has 5 nitrogen and oxygen atoms in total. The highest BCUT2D eigenvalue weighted by Gasteiger charge is 2.12. The van der Waals surface area contributed by atoms with Crippen LogP contribution in [0.15, 0.2) is 48.5 Å². The number of amides is 2. The fourth-order valence-corrected chi connectivity index (χ4v) is 2.60. The van der Waals surface area contributed by atoms with E-state index in [0.717, 1.165) is 11.3 Å². The van der Waals surface area contributed by atoms with E-state index in [1.165, 1.54) is 19.1 Å². The minimum Gasteiger partial charge on any atom is -0.494 e. The zero-order valence-electron chi connectivity index (χ0n) is 15.7. The number of nitrogens with zero attached hydrogens (tertiary/aromatic N) is 1. The lowest BCUT2D eigenvalue weighted by molar-refractivity contribution is -0.129. The van der Waals surface area contributed by atoms with Crippen molar-refractivity contribution < 1.29 is 18.7 Å². The van der Waals surface area contributed by atoms with E-state index in [2.05, 4.69) is 5.32 Å². The minimum absolute atomic E-state index is 0.0917. The number of carbonyl (C=O) groups is 2. The van der Waals surface area contributed by atoms with Crippen molar-refractivity contribution in [1.29, 1.82) is 0 Å². The lowest BCUT2D eigenvalue weighted by Crippen LogP contribution is -2.33. The number of hydrogen-bond donors (Lipinski definition) is 1. The zero-order chi connectivity index (χ0) is 19.6. The molecule has 2 rings (SSSR count). The molecule has 0 unspecified atom stereocenters. The van der Waals surface area contributed by atoms with Gasteiger partial charge in [-0.15, -0.1) is 0 Å². The third kappa shape index (κ3) is 7.09. The summed E-state index contributed by atoms with van der Waals surface area (Å²) in [5, 5.41) is 2.81. The maximum atomic E-state index is 12.9. The van der Waals surface area contributed by atoms with Gasteiger partial charge in [-0.3, -0.25) is 9.59 Å². The SMILES string of the molecule is CCOc1ccc(NC(=O)CCN(CCc2ccc(F)cc2)C(C)=O)cc1. The van der Waals surface area contributed by atoms with Gasteiger partial charge in [0.1, 0.15) is 11.6 Å². The standard InChI is InChI=1S/C21H25FN2O3/c1-3-27-20-10-8-19(9-11-20)23-21(26)13-15-24(16(2)25)14-12-17-4-6-18(22)7-5-17/h4-11H,3,12-15H2,1-2H3,(H,23,26). The molecule has 1 N–H and O–H groups in total. The number of anilines is 1. The summed E-state index contributed by atoms with van der Waals surface area (Å²) in [6.45, 7) is 4.79. The second-order valence-electron chi connectivity index (χ2n) is 6.14. The van der Waals surface area contributed by atoms with Gasteiger partial charge in [-0.05, 0) is 55.3 Å². The molecular weight excluding hydrogens is 347 g/mol. The molecule has 0 aromatic heterocycles.